The molecular formula is C84H60N4O8Pd. The van der Waals surface area contributed by atoms with Crippen molar-refractivity contribution in [1.82, 2.24) is 19.9 Å². The molecule has 2 aromatic heterocycles. The average Bonchev–Trinajstić information content (AvgIpc) is 1.55. The summed E-state index contributed by atoms with van der Waals surface area (Å²) in [6, 6.07) is 75.9. The molecule has 97 heavy (non-hydrogen) atoms. The van der Waals surface area contributed by atoms with Gasteiger partial charge in [-0.25, -0.2) is 9.97 Å². The first-order valence-electron chi connectivity index (χ1n) is 31.5. The summed E-state index contributed by atoms with van der Waals surface area (Å²) in [4.78, 5) is 24.8. The Kier molecular flexibility index (Phi) is 14.9. The van der Waals surface area contributed by atoms with Crippen molar-refractivity contribution in [2.75, 3.05) is 56.9 Å². The van der Waals surface area contributed by atoms with Crippen molar-refractivity contribution in [1.29, 1.82) is 0 Å². The Morgan fingerprint density at radius 3 is 0.577 bits per heavy atom. The zero-order chi connectivity index (χ0) is 65.0. The number of methoxy groups -OCH3 is 8. The van der Waals surface area contributed by atoms with Gasteiger partial charge in [-0.2, -0.15) is 0 Å². The number of hydrogen-bond donors (Lipinski definition) is 0. The van der Waals surface area contributed by atoms with Crippen molar-refractivity contribution in [3.63, 3.8) is 0 Å². The van der Waals surface area contributed by atoms with Gasteiger partial charge in [0.05, 0.1) is 79.7 Å². The Morgan fingerprint density at radius 2 is 0.402 bits per heavy atom. The summed E-state index contributed by atoms with van der Waals surface area (Å²) in [5.41, 5.74) is 14.7. The van der Waals surface area contributed by atoms with Crippen molar-refractivity contribution in [2.24, 2.45) is 0 Å². The van der Waals surface area contributed by atoms with E-state index in [0.29, 0.717) is 90.8 Å². The number of nitrogens with zero attached hydrogens (tertiary/aromatic N) is 4. The second-order valence-electron chi connectivity index (χ2n) is 24.1. The van der Waals surface area contributed by atoms with Crippen LogP contribution in [0.3, 0.4) is 0 Å². The second kappa shape index (κ2) is 24.0. The van der Waals surface area contributed by atoms with Crippen LogP contribution in [-0.2, 0) is 20.4 Å². The van der Waals surface area contributed by atoms with Crippen LogP contribution < -0.4 is 47.9 Å². The molecule has 17 rings (SSSR count). The summed E-state index contributed by atoms with van der Waals surface area (Å²) in [6.45, 7) is 0. The van der Waals surface area contributed by atoms with Crippen LogP contribution in [0.4, 0.5) is 0 Å². The molecule has 2 aliphatic heterocycles. The number of fused-ring (bicyclic) bond motifs is 4. The molecule has 0 fully saturated rings. The molecular weight excluding hydrogens is 1300 g/mol. The first-order chi connectivity index (χ1) is 47.1. The van der Waals surface area contributed by atoms with Crippen molar-refractivity contribution in [2.45, 2.75) is 0 Å². The van der Waals surface area contributed by atoms with E-state index in [9.17, 15) is 0 Å². The maximum absolute atomic E-state index is 6.21. The zero-order valence-electron chi connectivity index (χ0n) is 54.2. The summed E-state index contributed by atoms with van der Waals surface area (Å²) in [5, 5.41) is 11.7. The third-order valence-electron chi connectivity index (χ3n) is 18.9. The van der Waals surface area contributed by atoms with Gasteiger partial charge in [-0.3, -0.25) is 0 Å². The van der Waals surface area contributed by atoms with E-state index >= 15 is 0 Å². The van der Waals surface area contributed by atoms with Gasteiger partial charge in [-0.05, 0) is 206 Å². The molecule has 12 aromatic carbocycles. The molecule has 0 amide bonds. The molecule has 4 heterocycles. The van der Waals surface area contributed by atoms with Crippen LogP contribution in [0.2, 0.25) is 0 Å². The zero-order valence-corrected chi connectivity index (χ0v) is 55.7. The Hall–Kier alpha value is -11.6. The minimum atomic E-state index is 0. The predicted molar refractivity (Wildman–Crippen MR) is 387 cm³/mol. The minimum absolute atomic E-state index is 0. The summed E-state index contributed by atoms with van der Waals surface area (Å²) >= 11 is 0. The molecule has 474 valence electrons. The van der Waals surface area contributed by atoms with E-state index < -0.39 is 0 Å². The van der Waals surface area contributed by atoms with Crippen molar-refractivity contribution >= 4 is 86.7 Å². The molecule has 0 saturated heterocycles. The molecule has 0 unspecified atom stereocenters. The van der Waals surface area contributed by atoms with Gasteiger partial charge in [0.15, 0.2) is 0 Å². The molecule has 0 N–H and O–H groups in total. The average molecular weight is 1360 g/mol. The third kappa shape index (κ3) is 9.91. The third-order valence-corrected chi connectivity index (χ3v) is 18.9. The van der Waals surface area contributed by atoms with Crippen molar-refractivity contribution in [3.05, 3.63) is 218 Å². The molecule has 1 aliphatic carbocycles. The van der Waals surface area contributed by atoms with E-state index in [1.54, 1.807) is 56.9 Å². The van der Waals surface area contributed by atoms with Crippen molar-refractivity contribution < 1.29 is 58.3 Å². The quantitative estimate of drug-likeness (QED) is 0.108. The Bertz CT molecular complexity index is 5190. The normalized spacial score (nSPS) is 11.6. The number of hydrogen-bond acceptors (Lipinski definition) is 10. The predicted octanol–water partition coefficient (Wildman–Crippen LogP) is 19.9. The maximum atomic E-state index is 6.21. The van der Waals surface area contributed by atoms with Crippen LogP contribution in [0, 0.1) is 0 Å². The summed E-state index contributed by atoms with van der Waals surface area (Å²) in [7, 11) is 13.4. The van der Waals surface area contributed by atoms with Gasteiger partial charge in [0, 0.05) is 46.5 Å². The van der Waals surface area contributed by atoms with E-state index in [-0.39, 0.29) is 20.4 Å². The topological polar surface area (TPSA) is 128 Å². The van der Waals surface area contributed by atoms with Crippen LogP contribution >= 0.6 is 0 Å². The number of benzene rings is 12. The largest absolute Gasteiger partial charge is 2.00 e. The molecule has 8 bridgehead atoms. The SMILES string of the molecule is COc1cc(OC)cc(-c2c3nc(c(-c4cc(OC)cc(OC)c4)c4[n-]c(c(-c5cc(OC)cc(OC)c5)c5nc(c(-c6cc(OC)cc(OC)c6)c6[n-]c2c2cc7ccccc7cc62)-c2cc6ccccc6cc2-5)c2cc5ccccc5cc42)-c2cc4ccccc4cc2-3)c1.[Pd+2]. The Labute approximate surface area is 572 Å². The van der Waals surface area contributed by atoms with E-state index in [1.165, 1.54) is 0 Å². The van der Waals surface area contributed by atoms with Crippen molar-refractivity contribution in [3.8, 4) is 136 Å². The smallest absolute Gasteiger partial charge is 0.656 e. The number of rotatable bonds is 12. The van der Waals surface area contributed by atoms with E-state index in [4.69, 9.17) is 57.8 Å². The fourth-order valence-corrected chi connectivity index (χ4v) is 14.3. The first-order valence-corrected chi connectivity index (χ1v) is 31.5. The summed E-state index contributed by atoms with van der Waals surface area (Å²) in [6.07, 6.45) is 0. The monoisotopic (exact) mass is 1360 g/mol. The number of ether oxygens (including phenoxy) is 8. The molecule has 14 aromatic rings. The summed E-state index contributed by atoms with van der Waals surface area (Å²) in [5.74, 6) is 4.66. The standard InChI is InChI=1S/C84H60N4O8.Pd/c1-89-57-25-53(26-58(41-57)90-2)73-77-65-33-45-17-9-11-19-47(45)35-67(65)79(85-77)74(54-27-59(91-3)42-60(28-54)92-4)81-69-37-49-21-13-15-23-51(49)39-71(69)83(87-81)76(56-31-63(95-7)44-64(32-56)96-8)84-72-40-52-24-16-14-22-50(52)38-70(72)82(88-84)75(55-29-61(93-5)43-62(30-55)94-6)80-68-36-48-20-12-10-18-46(48)34-66(68)78(73)86-80;/h9-44H,1-8H3;/q-2;+2. The maximum Gasteiger partial charge on any atom is 2.00 e. The van der Waals surface area contributed by atoms with Crippen LogP contribution in [0.25, 0.3) is 176 Å². The molecule has 0 saturated carbocycles. The Morgan fingerprint density at radius 1 is 0.227 bits per heavy atom. The van der Waals surface area contributed by atoms with Gasteiger partial charge in [0.25, 0.3) is 0 Å². The summed E-state index contributed by atoms with van der Waals surface area (Å²) < 4.78 is 49.6. The van der Waals surface area contributed by atoms with Crippen LogP contribution in [0.15, 0.2) is 218 Å². The molecule has 12 nitrogen and oxygen atoms in total. The number of aromatic nitrogens is 4. The van der Waals surface area contributed by atoms with Gasteiger partial charge < -0.3 is 47.9 Å². The molecule has 0 radical (unpaired) electrons. The van der Waals surface area contributed by atoms with E-state index in [0.717, 1.165) is 131 Å². The van der Waals surface area contributed by atoms with Crippen LogP contribution in [0.5, 0.6) is 46.0 Å². The molecule has 0 atom stereocenters. The van der Waals surface area contributed by atoms with Gasteiger partial charge in [-0.1, -0.05) is 97.1 Å². The molecule has 3 aliphatic rings. The van der Waals surface area contributed by atoms with Gasteiger partial charge in [0.1, 0.15) is 46.0 Å². The van der Waals surface area contributed by atoms with Gasteiger partial charge in [0.2, 0.25) is 0 Å². The van der Waals surface area contributed by atoms with E-state index in [2.05, 4.69) is 146 Å². The Balaban J connectivity index is 0.00000738. The van der Waals surface area contributed by atoms with E-state index in [1.807, 2.05) is 72.8 Å². The van der Waals surface area contributed by atoms with Crippen LogP contribution in [0.1, 0.15) is 0 Å². The fourth-order valence-electron chi connectivity index (χ4n) is 14.3. The minimum Gasteiger partial charge on any atom is -0.656 e. The first kappa shape index (κ1) is 60.3. The molecule has 0 spiro atoms. The van der Waals surface area contributed by atoms with Gasteiger partial charge >= 0.3 is 20.4 Å². The fraction of sp³-hybridized carbons (Fsp3) is 0.0952. The molecule has 13 heteroatoms. The second-order valence-corrected chi connectivity index (χ2v) is 24.1. The van der Waals surface area contributed by atoms with Gasteiger partial charge in [-0.15, -0.1) is 22.1 Å². The van der Waals surface area contributed by atoms with Crippen LogP contribution in [-0.4, -0.2) is 66.8 Å².